The van der Waals surface area contributed by atoms with Crippen molar-refractivity contribution in [1.82, 2.24) is 4.57 Å². The quantitative estimate of drug-likeness (QED) is 0.257. The lowest BCUT2D eigenvalue weighted by molar-refractivity contribution is -0.923. The van der Waals surface area contributed by atoms with Gasteiger partial charge in [0, 0.05) is 18.4 Å². The van der Waals surface area contributed by atoms with Crippen molar-refractivity contribution in [1.29, 1.82) is 0 Å². The molecule has 0 aliphatic carbocycles. The van der Waals surface area contributed by atoms with E-state index in [-0.39, 0.29) is 0 Å². The molecule has 0 saturated carbocycles. The molecule has 1 aromatic rings. The second-order valence-electron chi connectivity index (χ2n) is 7.61. The predicted octanol–water partition coefficient (Wildman–Crippen LogP) is 6.44. The van der Waals surface area contributed by atoms with Gasteiger partial charge < -0.3 is 9.05 Å². The van der Waals surface area contributed by atoms with Crippen LogP contribution in [0.15, 0.2) is 24.5 Å². The Labute approximate surface area is 151 Å². The van der Waals surface area contributed by atoms with Crippen LogP contribution in [0.2, 0.25) is 0 Å². The Morgan fingerprint density at radius 3 is 1.67 bits per heavy atom. The average molecular weight is 336 g/mol. The molecule has 0 radical (unpaired) electrons. The molecule has 140 valence electrons. The molecular formula is C22H43N2+. The number of rotatable bonds is 15. The number of aromatic nitrogens is 1. The van der Waals surface area contributed by atoms with E-state index < -0.39 is 0 Å². The third-order valence-corrected chi connectivity index (χ3v) is 6.15. The predicted molar refractivity (Wildman–Crippen MR) is 107 cm³/mol. The zero-order valence-corrected chi connectivity index (χ0v) is 17.0. The fourth-order valence-corrected chi connectivity index (χ4v) is 3.88. The first-order chi connectivity index (χ1) is 11.7. The van der Waals surface area contributed by atoms with Crippen LogP contribution in [-0.4, -0.2) is 35.2 Å². The van der Waals surface area contributed by atoms with Crippen molar-refractivity contribution in [2.24, 2.45) is 0 Å². The van der Waals surface area contributed by atoms with Gasteiger partial charge >= 0.3 is 0 Å². The Kier molecular flexibility index (Phi) is 11.2. The standard InChI is InChI=1S/C22H43N2/c1-5-24(6-2,7-3)21-17-13-11-9-8-10-12-14-18-22(4)23-19-15-16-20-23/h15-16,19-20,22H,5-14,17-18,21H2,1-4H3/q+1. The molecule has 0 amide bonds. The minimum atomic E-state index is 0.661. The van der Waals surface area contributed by atoms with E-state index in [1.165, 1.54) is 88.4 Å². The summed E-state index contributed by atoms with van der Waals surface area (Å²) in [5.74, 6) is 0. The number of nitrogens with zero attached hydrogens (tertiary/aromatic N) is 2. The zero-order chi connectivity index (χ0) is 17.7. The van der Waals surface area contributed by atoms with E-state index in [9.17, 15) is 0 Å². The zero-order valence-electron chi connectivity index (χ0n) is 17.0. The van der Waals surface area contributed by atoms with Gasteiger partial charge in [0.05, 0.1) is 26.2 Å². The molecule has 0 aliphatic rings. The van der Waals surface area contributed by atoms with Gasteiger partial charge in [-0.15, -0.1) is 0 Å². The van der Waals surface area contributed by atoms with Crippen molar-refractivity contribution in [3.05, 3.63) is 24.5 Å². The molecule has 0 spiro atoms. The van der Waals surface area contributed by atoms with E-state index in [4.69, 9.17) is 0 Å². The second-order valence-corrected chi connectivity index (χ2v) is 7.61. The van der Waals surface area contributed by atoms with Crippen molar-refractivity contribution in [2.45, 2.75) is 91.5 Å². The van der Waals surface area contributed by atoms with E-state index in [0.29, 0.717) is 6.04 Å². The minimum Gasteiger partial charge on any atom is -0.352 e. The van der Waals surface area contributed by atoms with E-state index >= 15 is 0 Å². The van der Waals surface area contributed by atoms with Crippen LogP contribution in [0.4, 0.5) is 0 Å². The molecule has 1 unspecified atom stereocenters. The first-order valence-corrected chi connectivity index (χ1v) is 10.6. The Bertz CT molecular complexity index is 370. The summed E-state index contributed by atoms with van der Waals surface area (Å²) in [6, 6.07) is 4.91. The summed E-state index contributed by atoms with van der Waals surface area (Å²) in [5, 5.41) is 0. The Morgan fingerprint density at radius 2 is 1.17 bits per heavy atom. The van der Waals surface area contributed by atoms with E-state index in [1.54, 1.807) is 0 Å². The molecule has 24 heavy (non-hydrogen) atoms. The molecular weight excluding hydrogens is 292 g/mol. The Hall–Kier alpha value is -0.760. The number of quaternary nitrogens is 1. The van der Waals surface area contributed by atoms with E-state index in [0.717, 1.165) is 0 Å². The largest absolute Gasteiger partial charge is 0.352 e. The molecule has 0 aliphatic heterocycles. The molecule has 0 fully saturated rings. The van der Waals surface area contributed by atoms with Gasteiger partial charge in [0.2, 0.25) is 0 Å². The lowest BCUT2D eigenvalue weighted by Gasteiger charge is -2.35. The summed E-state index contributed by atoms with van der Waals surface area (Å²) < 4.78 is 3.65. The lowest BCUT2D eigenvalue weighted by atomic mass is 10.0. The summed E-state index contributed by atoms with van der Waals surface area (Å²) in [4.78, 5) is 0. The lowest BCUT2D eigenvalue weighted by Crippen LogP contribution is -2.48. The molecule has 2 heteroatoms. The number of hydrogen-bond acceptors (Lipinski definition) is 0. The van der Waals surface area contributed by atoms with Crippen LogP contribution in [0.3, 0.4) is 0 Å². The molecule has 1 aromatic heterocycles. The van der Waals surface area contributed by atoms with Crippen LogP contribution < -0.4 is 0 Å². The monoisotopic (exact) mass is 335 g/mol. The van der Waals surface area contributed by atoms with Crippen molar-refractivity contribution < 1.29 is 4.48 Å². The maximum atomic E-state index is 2.35. The first kappa shape index (κ1) is 21.3. The van der Waals surface area contributed by atoms with Crippen molar-refractivity contribution in [2.75, 3.05) is 26.2 Å². The van der Waals surface area contributed by atoms with Crippen LogP contribution in [0.5, 0.6) is 0 Å². The van der Waals surface area contributed by atoms with Gasteiger partial charge in [-0.05, 0) is 59.1 Å². The first-order valence-electron chi connectivity index (χ1n) is 10.6. The van der Waals surface area contributed by atoms with Gasteiger partial charge in [-0.3, -0.25) is 0 Å². The minimum absolute atomic E-state index is 0.661. The van der Waals surface area contributed by atoms with Gasteiger partial charge in [0.1, 0.15) is 0 Å². The van der Waals surface area contributed by atoms with Crippen molar-refractivity contribution in [3.8, 4) is 0 Å². The molecule has 2 nitrogen and oxygen atoms in total. The van der Waals surface area contributed by atoms with E-state index in [2.05, 4.69) is 56.8 Å². The summed E-state index contributed by atoms with van der Waals surface area (Å²) in [7, 11) is 0. The summed E-state index contributed by atoms with van der Waals surface area (Å²) >= 11 is 0. The number of unbranched alkanes of at least 4 members (excludes halogenated alkanes) is 7. The SMILES string of the molecule is CC[N+](CC)(CC)CCCCCCCCCCC(C)n1cccc1. The highest BCUT2D eigenvalue weighted by Crippen LogP contribution is 2.17. The highest BCUT2D eigenvalue weighted by molar-refractivity contribution is 4.92. The number of hydrogen-bond donors (Lipinski definition) is 0. The summed E-state index contributed by atoms with van der Waals surface area (Å²) in [6.45, 7) is 14.7. The fraction of sp³-hybridized carbons (Fsp3) is 0.818. The average Bonchev–Trinajstić information content (AvgIpc) is 3.15. The molecule has 0 N–H and O–H groups in total. The topological polar surface area (TPSA) is 4.93 Å². The molecule has 1 atom stereocenters. The summed E-state index contributed by atoms with van der Waals surface area (Å²) in [5.41, 5.74) is 0. The van der Waals surface area contributed by atoms with Crippen LogP contribution in [0, 0.1) is 0 Å². The smallest absolute Gasteiger partial charge is 0.0786 e. The third kappa shape index (κ3) is 7.88. The second kappa shape index (κ2) is 12.6. The van der Waals surface area contributed by atoms with Crippen LogP contribution in [-0.2, 0) is 0 Å². The third-order valence-electron chi connectivity index (χ3n) is 6.15. The maximum absolute atomic E-state index is 2.35. The molecule has 0 aromatic carbocycles. The van der Waals surface area contributed by atoms with Crippen molar-refractivity contribution >= 4 is 0 Å². The van der Waals surface area contributed by atoms with Gasteiger partial charge in [-0.25, -0.2) is 0 Å². The molecule has 0 saturated heterocycles. The van der Waals surface area contributed by atoms with Gasteiger partial charge in [0.25, 0.3) is 0 Å². The van der Waals surface area contributed by atoms with E-state index in [1.807, 2.05) is 0 Å². The van der Waals surface area contributed by atoms with Gasteiger partial charge in [-0.1, -0.05) is 38.5 Å². The highest BCUT2D eigenvalue weighted by atomic mass is 15.3. The van der Waals surface area contributed by atoms with Crippen LogP contribution in [0.25, 0.3) is 0 Å². The fourth-order valence-electron chi connectivity index (χ4n) is 3.88. The van der Waals surface area contributed by atoms with Gasteiger partial charge in [-0.2, -0.15) is 0 Å². The van der Waals surface area contributed by atoms with Crippen LogP contribution in [0.1, 0.15) is 91.5 Å². The molecule has 1 rings (SSSR count). The Balaban J connectivity index is 1.92. The molecule has 0 bridgehead atoms. The Morgan fingerprint density at radius 1 is 0.708 bits per heavy atom. The van der Waals surface area contributed by atoms with Gasteiger partial charge in [0.15, 0.2) is 0 Å². The van der Waals surface area contributed by atoms with Crippen LogP contribution >= 0.6 is 0 Å². The van der Waals surface area contributed by atoms with Crippen molar-refractivity contribution in [3.63, 3.8) is 0 Å². The summed E-state index contributed by atoms with van der Waals surface area (Å²) in [6.07, 6.45) is 17.1. The highest BCUT2D eigenvalue weighted by Gasteiger charge is 2.19. The maximum Gasteiger partial charge on any atom is 0.0786 e. The molecule has 1 heterocycles. The normalized spacial score (nSPS) is 13.3.